The van der Waals surface area contributed by atoms with Gasteiger partial charge < -0.3 is 19.9 Å². The van der Waals surface area contributed by atoms with Crippen LogP contribution in [0.15, 0.2) is 24.3 Å². The van der Waals surface area contributed by atoms with Crippen molar-refractivity contribution in [2.45, 2.75) is 45.2 Å². The van der Waals surface area contributed by atoms with Crippen LogP contribution in [0.3, 0.4) is 0 Å². The third-order valence-electron chi connectivity index (χ3n) is 5.62. The molecule has 7 nitrogen and oxygen atoms in total. The van der Waals surface area contributed by atoms with Crippen molar-refractivity contribution in [3.8, 4) is 0 Å². The van der Waals surface area contributed by atoms with Crippen molar-refractivity contribution in [3.63, 3.8) is 0 Å². The molecule has 0 spiro atoms. The lowest BCUT2D eigenvalue weighted by molar-refractivity contribution is -0.138. The molecule has 29 heavy (non-hydrogen) atoms. The summed E-state index contributed by atoms with van der Waals surface area (Å²) in [5, 5.41) is 2.88. The number of ether oxygens (including phenoxy) is 1. The summed E-state index contributed by atoms with van der Waals surface area (Å²) in [5.41, 5.74) is 1.64. The van der Waals surface area contributed by atoms with E-state index in [2.05, 4.69) is 10.2 Å². The van der Waals surface area contributed by atoms with Gasteiger partial charge in [0.2, 0.25) is 5.91 Å². The molecule has 2 aliphatic rings. The second kappa shape index (κ2) is 9.39. The number of ketones is 1. The normalized spacial score (nSPS) is 20.2. The number of Topliss-reactive ketones (excluding diaryl/α,β-unsaturated/α-hetero) is 1. The van der Waals surface area contributed by atoms with E-state index < -0.39 is 12.1 Å². The van der Waals surface area contributed by atoms with Crippen molar-refractivity contribution in [3.05, 3.63) is 29.8 Å². The molecule has 2 saturated heterocycles. The van der Waals surface area contributed by atoms with Crippen LogP contribution in [0, 0.1) is 5.92 Å². The molecule has 2 unspecified atom stereocenters. The van der Waals surface area contributed by atoms with Gasteiger partial charge >= 0.3 is 0 Å². The quantitative estimate of drug-likeness (QED) is 0.754. The number of amides is 2. The molecule has 1 aromatic rings. The first-order valence-corrected chi connectivity index (χ1v) is 10.4. The van der Waals surface area contributed by atoms with E-state index in [4.69, 9.17) is 4.74 Å². The molecule has 0 saturated carbocycles. The predicted molar refractivity (Wildman–Crippen MR) is 111 cm³/mol. The molecule has 2 atom stereocenters. The van der Waals surface area contributed by atoms with Crippen molar-refractivity contribution in [1.29, 1.82) is 0 Å². The Kier molecular flexibility index (Phi) is 6.90. The Morgan fingerprint density at radius 2 is 1.86 bits per heavy atom. The number of benzene rings is 1. The summed E-state index contributed by atoms with van der Waals surface area (Å²) in [6.07, 6.45) is 2.90. The summed E-state index contributed by atoms with van der Waals surface area (Å²) in [6.45, 7) is 6.34. The van der Waals surface area contributed by atoms with Gasteiger partial charge in [0.15, 0.2) is 5.78 Å². The van der Waals surface area contributed by atoms with Crippen LogP contribution in [0.5, 0.6) is 0 Å². The standard InChI is InChI=1S/C22H31N3O4/c1-15(2)12-18(22(28)24(3)19-13-29-14-20(19)26)23-21(27)16-6-8-17(9-7-16)25-10-4-5-11-25/h6-9,15,18-19H,4-5,10-14H2,1-3H3,(H,23,27). The van der Waals surface area contributed by atoms with E-state index in [-0.39, 0.29) is 36.7 Å². The lowest BCUT2D eigenvalue weighted by Crippen LogP contribution is -2.52. The van der Waals surface area contributed by atoms with Gasteiger partial charge in [-0.25, -0.2) is 0 Å². The first kappa shape index (κ1) is 21.3. The van der Waals surface area contributed by atoms with Crippen molar-refractivity contribution in [1.82, 2.24) is 10.2 Å². The SMILES string of the molecule is CC(C)CC(NC(=O)c1ccc(N2CCCC2)cc1)C(=O)N(C)C1COCC1=O. The smallest absolute Gasteiger partial charge is 0.251 e. The molecular formula is C22H31N3O4. The number of carbonyl (C=O) groups excluding carboxylic acids is 3. The molecule has 0 radical (unpaired) electrons. The fraction of sp³-hybridized carbons (Fsp3) is 0.591. The van der Waals surface area contributed by atoms with Crippen LogP contribution >= 0.6 is 0 Å². The van der Waals surface area contributed by atoms with E-state index in [1.165, 1.54) is 17.7 Å². The lowest BCUT2D eigenvalue weighted by atomic mass is 10.0. The number of likely N-dealkylation sites (N-methyl/N-ethyl adjacent to an activating group) is 1. The molecule has 1 aromatic carbocycles. The van der Waals surface area contributed by atoms with Crippen molar-refractivity contribution in [2.75, 3.05) is 38.3 Å². The Morgan fingerprint density at radius 1 is 1.21 bits per heavy atom. The minimum absolute atomic E-state index is 0.0346. The fourth-order valence-electron chi connectivity index (χ4n) is 3.92. The van der Waals surface area contributed by atoms with E-state index in [1.807, 2.05) is 26.0 Å². The summed E-state index contributed by atoms with van der Waals surface area (Å²) < 4.78 is 5.17. The summed E-state index contributed by atoms with van der Waals surface area (Å²) in [7, 11) is 1.60. The molecule has 0 aliphatic carbocycles. The highest BCUT2D eigenvalue weighted by atomic mass is 16.5. The molecule has 2 heterocycles. The highest BCUT2D eigenvalue weighted by Crippen LogP contribution is 2.21. The summed E-state index contributed by atoms with van der Waals surface area (Å²) in [4.78, 5) is 41.5. The predicted octanol–water partition coefficient (Wildman–Crippen LogP) is 1.86. The van der Waals surface area contributed by atoms with Gasteiger partial charge in [0.25, 0.3) is 5.91 Å². The number of hydrogen-bond donors (Lipinski definition) is 1. The molecular weight excluding hydrogens is 370 g/mol. The molecule has 2 aliphatic heterocycles. The van der Waals surface area contributed by atoms with Crippen molar-refractivity contribution in [2.24, 2.45) is 5.92 Å². The van der Waals surface area contributed by atoms with E-state index >= 15 is 0 Å². The lowest BCUT2D eigenvalue weighted by Gasteiger charge is -2.28. The third kappa shape index (κ3) is 5.15. The number of rotatable bonds is 7. The summed E-state index contributed by atoms with van der Waals surface area (Å²) in [6, 6.07) is 6.27. The van der Waals surface area contributed by atoms with E-state index in [0.29, 0.717) is 12.0 Å². The van der Waals surface area contributed by atoms with Crippen molar-refractivity contribution >= 4 is 23.3 Å². The number of carbonyl (C=O) groups is 3. The molecule has 1 N–H and O–H groups in total. The van der Waals surface area contributed by atoms with Crippen LogP contribution in [0.4, 0.5) is 5.69 Å². The fourth-order valence-corrected chi connectivity index (χ4v) is 3.92. The second-order valence-electron chi connectivity index (χ2n) is 8.34. The van der Waals surface area contributed by atoms with Crippen molar-refractivity contribution < 1.29 is 19.1 Å². The average Bonchev–Trinajstić information content (AvgIpc) is 3.38. The first-order chi connectivity index (χ1) is 13.9. The molecule has 0 bridgehead atoms. The van der Waals surface area contributed by atoms with Crippen LogP contribution in [0.25, 0.3) is 0 Å². The Morgan fingerprint density at radius 3 is 2.41 bits per heavy atom. The van der Waals surface area contributed by atoms with E-state index in [1.54, 1.807) is 19.2 Å². The summed E-state index contributed by atoms with van der Waals surface area (Å²) in [5.74, 6) is -0.428. The number of anilines is 1. The van der Waals surface area contributed by atoms with Gasteiger partial charge in [-0.05, 0) is 49.4 Å². The zero-order valence-electron chi connectivity index (χ0n) is 17.5. The number of nitrogens with zero attached hydrogens (tertiary/aromatic N) is 2. The first-order valence-electron chi connectivity index (χ1n) is 10.4. The Labute approximate surface area is 172 Å². The minimum atomic E-state index is -0.681. The maximum atomic E-state index is 13.0. The topological polar surface area (TPSA) is 79.0 Å². The maximum Gasteiger partial charge on any atom is 0.251 e. The third-order valence-corrected chi connectivity index (χ3v) is 5.62. The molecule has 2 amide bonds. The van der Waals surface area contributed by atoms with Gasteiger partial charge in [-0.3, -0.25) is 14.4 Å². The number of nitrogens with one attached hydrogen (secondary N) is 1. The van der Waals surface area contributed by atoms with Gasteiger partial charge in [0, 0.05) is 31.4 Å². The minimum Gasteiger partial charge on any atom is -0.372 e. The average molecular weight is 402 g/mol. The maximum absolute atomic E-state index is 13.0. The van der Waals surface area contributed by atoms with Gasteiger partial charge in [-0.2, -0.15) is 0 Å². The molecule has 3 rings (SSSR count). The van der Waals surface area contributed by atoms with Crippen LogP contribution in [0.2, 0.25) is 0 Å². The second-order valence-corrected chi connectivity index (χ2v) is 8.34. The largest absolute Gasteiger partial charge is 0.372 e. The Balaban J connectivity index is 1.67. The van der Waals surface area contributed by atoms with Crippen LogP contribution in [-0.2, 0) is 14.3 Å². The monoisotopic (exact) mass is 401 g/mol. The van der Waals surface area contributed by atoms with Crippen LogP contribution in [-0.4, -0.2) is 67.9 Å². The Bertz CT molecular complexity index is 741. The van der Waals surface area contributed by atoms with E-state index in [9.17, 15) is 14.4 Å². The molecule has 2 fully saturated rings. The number of hydrogen-bond acceptors (Lipinski definition) is 5. The molecule has 158 valence electrons. The van der Waals surface area contributed by atoms with Crippen LogP contribution < -0.4 is 10.2 Å². The van der Waals surface area contributed by atoms with Gasteiger partial charge in [-0.15, -0.1) is 0 Å². The van der Waals surface area contributed by atoms with Gasteiger partial charge in [0.05, 0.1) is 6.61 Å². The zero-order valence-corrected chi connectivity index (χ0v) is 17.5. The van der Waals surface area contributed by atoms with Crippen LogP contribution in [0.1, 0.15) is 43.5 Å². The van der Waals surface area contributed by atoms with Gasteiger partial charge in [-0.1, -0.05) is 13.8 Å². The molecule has 7 heteroatoms. The highest BCUT2D eigenvalue weighted by molar-refractivity contribution is 5.99. The highest BCUT2D eigenvalue weighted by Gasteiger charge is 2.35. The molecule has 0 aromatic heterocycles. The zero-order chi connectivity index (χ0) is 21.0. The summed E-state index contributed by atoms with van der Waals surface area (Å²) >= 11 is 0. The van der Waals surface area contributed by atoms with Gasteiger partial charge in [0.1, 0.15) is 18.7 Å². The van der Waals surface area contributed by atoms with E-state index in [0.717, 1.165) is 18.8 Å². The Hall–Kier alpha value is -2.41.